The van der Waals surface area contributed by atoms with Gasteiger partial charge in [0.15, 0.2) is 0 Å². The van der Waals surface area contributed by atoms with E-state index in [1.54, 1.807) is 0 Å². The largest absolute Gasteiger partial charge is 0.492 e. The van der Waals surface area contributed by atoms with Crippen molar-refractivity contribution in [2.45, 2.75) is 6.54 Å². The highest BCUT2D eigenvalue weighted by Crippen LogP contribution is 2.18. The number of para-hydroxylation sites is 1. The molecule has 0 amide bonds. The molecule has 3 heteroatoms. The zero-order valence-electron chi connectivity index (χ0n) is 11.3. The highest BCUT2D eigenvalue weighted by atomic mass is 16.5. The average molecular weight is 256 g/mol. The molecule has 2 aromatic carbocycles. The van der Waals surface area contributed by atoms with E-state index >= 15 is 0 Å². The van der Waals surface area contributed by atoms with Crippen LogP contribution in [0.4, 0.5) is 5.69 Å². The van der Waals surface area contributed by atoms with E-state index in [-0.39, 0.29) is 0 Å². The summed E-state index contributed by atoms with van der Waals surface area (Å²) in [5, 5.41) is 0. The smallest absolute Gasteiger partial charge is 0.119 e. The Morgan fingerprint density at radius 2 is 1.84 bits per heavy atom. The van der Waals surface area contributed by atoms with Gasteiger partial charge in [0.05, 0.1) is 0 Å². The standard InChI is InChI=1S/C16H20N2O/c1-18(15-7-3-2-4-8-15)13-14-6-5-9-16(12-14)19-11-10-17/h2-9,12H,10-11,13,17H2,1H3. The van der Waals surface area contributed by atoms with Crippen LogP contribution in [0.1, 0.15) is 5.56 Å². The van der Waals surface area contributed by atoms with E-state index in [1.807, 2.05) is 30.3 Å². The van der Waals surface area contributed by atoms with Gasteiger partial charge >= 0.3 is 0 Å². The molecule has 0 atom stereocenters. The Balaban J connectivity index is 2.02. The van der Waals surface area contributed by atoms with Crippen molar-refractivity contribution in [1.29, 1.82) is 0 Å². The van der Waals surface area contributed by atoms with E-state index in [4.69, 9.17) is 10.5 Å². The Morgan fingerprint density at radius 1 is 1.05 bits per heavy atom. The highest BCUT2D eigenvalue weighted by molar-refractivity contribution is 5.46. The molecule has 19 heavy (non-hydrogen) atoms. The second-order valence-corrected chi connectivity index (χ2v) is 4.48. The first-order valence-electron chi connectivity index (χ1n) is 6.47. The Kier molecular flexibility index (Phi) is 4.81. The number of benzene rings is 2. The lowest BCUT2D eigenvalue weighted by Crippen LogP contribution is -2.16. The van der Waals surface area contributed by atoms with Crippen LogP contribution in [0.3, 0.4) is 0 Å². The van der Waals surface area contributed by atoms with E-state index in [2.05, 4.69) is 36.2 Å². The van der Waals surface area contributed by atoms with E-state index in [0.717, 1.165) is 12.3 Å². The van der Waals surface area contributed by atoms with Crippen LogP contribution >= 0.6 is 0 Å². The molecule has 2 N–H and O–H groups in total. The van der Waals surface area contributed by atoms with E-state index < -0.39 is 0 Å². The maximum Gasteiger partial charge on any atom is 0.119 e. The number of hydrogen-bond donors (Lipinski definition) is 1. The minimum Gasteiger partial charge on any atom is -0.492 e. The highest BCUT2D eigenvalue weighted by Gasteiger charge is 2.02. The molecule has 2 aromatic rings. The van der Waals surface area contributed by atoms with E-state index in [1.165, 1.54) is 11.3 Å². The lowest BCUT2D eigenvalue weighted by atomic mass is 10.2. The molecular formula is C16H20N2O. The molecule has 0 aromatic heterocycles. The number of hydrogen-bond acceptors (Lipinski definition) is 3. The fraction of sp³-hybridized carbons (Fsp3) is 0.250. The van der Waals surface area contributed by atoms with Crippen LogP contribution in [0.5, 0.6) is 5.75 Å². The molecule has 0 unspecified atom stereocenters. The monoisotopic (exact) mass is 256 g/mol. The van der Waals surface area contributed by atoms with Crippen molar-refractivity contribution in [2.24, 2.45) is 5.73 Å². The van der Waals surface area contributed by atoms with Gasteiger partial charge in [-0.05, 0) is 29.8 Å². The van der Waals surface area contributed by atoms with Crippen LogP contribution in [0.2, 0.25) is 0 Å². The van der Waals surface area contributed by atoms with Gasteiger partial charge in [-0.25, -0.2) is 0 Å². The SMILES string of the molecule is CN(Cc1cccc(OCCN)c1)c1ccccc1. The predicted molar refractivity (Wildman–Crippen MR) is 79.5 cm³/mol. The van der Waals surface area contributed by atoms with Crippen molar-refractivity contribution in [3.63, 3.8) is 0 Å². The number of ether oxygens (including phenoxy) is 1. The number of nitrogens with two attached hydrogens (primary N) is 1. The van der Waals surface area contributed by atoms with Gasteiger partial charge in [-0.15, -0.1) is 0 Å². The van der Waals surface area contributed by atoms with Crippen LogP contribution in [0, 0.1) is 0 Å². The fourth-order valence-electron chi connectivity index (χ4n) is 1.96. The van der Waals surface area contributed by atoms with Crippen LogP contribution in [-0.2, 0) is 6.54 Å². The third-order valence-corrected chi connectivity index (χ3v) is 2.90. The average Bonchev–Trinajstić information content (AvgIpc) is 2.46. The van der Waals surface area contributed by atoms with Gasteiger partial charge in [0.2, 0.25) is 0 Å². The van der Waals surface area contributed by atoms with Crippen molar-refractivity contribution >= 4 is 5.69 Å². The third-order valence-electron chi connectivity index (χ3n) is 2.90. The van der Waals surface area contributed by atoms with Gasteiger partial charge in [0.25, 0.3) is 0 Å². The van der Waals surface area contributed by atoms with Crippen LogP contribution in [0.25, 0.3) is 0 Å². The number of nitrogens with zero attached hydrogens (tertiary/aromatic N) is 1. The van der Waals surface area contributed by atoms with E-state index in [0.29, 0.717) is 13.2 Å². The summed E-state index contributed by atoms with van der Waals surface area (Å²) in [5.74, 6) is 0.879. The summed E-state index contributed by atoms with van der Waals surface area (Å²) in [7, 11) is 2.09. The summed E-state index contributed by atoms with van der Waals surface area (Å²) in [4.78, 5) is 2.21. The third kappa shape index (κ3) is 4.00. The summed E-state index contributed by atoms with van der Waals surface area (Å²) >= 11 is 0. The lowest BCUT2D eigenvalue weighted by molar-refractivity contribution is 0.328. The Hall–Kier alpha value is -2.00. The van der Waals surface area contributed by atoms with Crippen molar-refractivity contribution in [2.75, 3.05) is 25.1 Å². The van der Waals surface area contributed by atoms with Crippen molar-refractivity contribution in [3.8, 4) is 5.75 Å². The molecule has 0 heterocycles. The van der Waals surface area contributed by atoms with Gasteiger partial charge in [0, 0.05) is 25.8 Å². The second kappa shape index (κ2) is 6.81. The number of rotatable bonds is 6. The summed E-state index contributed by atoms with van der Waals surface area (Å²) in [6.07, 6.45) is 0. The molecule has 2 rings (SSSR count). The Bertz CT molecular complexity index is 499. The Morgan fingerprint density at radius 3 is 2.58 bits per heavy atom. The molecular weight excluding hydrogens is 236 g/mol. The molecule has 0 saturated heterocycles. The maximum atomic E-state index is 5.54. The molecule has 0 bridgehead atoms. The maximum absolute atomic E-state index is 5.54. The molecule has 0 aliphatic carbocycles. The molecule has 0 aliphatic heterocycles. The Labute approximate surface area is 114 Å². The van der Waals surface area contributed by atoms with Gasteiger partial charge in [-0.1, -0.05) is 30.3 Å². The predicted octanol–water partition coefficient (Wildman–Crippen LogP) is 2.66. The molecule has 0 aliphatic rings. The van der Waals surface area contributed by atoms with Crippen LogP contribution < -0.4 is 15.4 Å². The van der Waals surface area contributed by atoms with Gasteiger partial charge in [-0.2, -0.15) is 0 Å². The van der Waals surface area contributed by atoms with Crippen molar-refractivity contribution < 1.29 is 4.74 Å². The number of anilines is 1. The quantitative estimate of drug-likeness (QED) is 0.863. The molecule has 0 fully saturated rings. The first-order valence-corrected chi connectivity index (χ1v) is 6.47. The molecule has 0 spiro atoms. The van der Waals surface area contributed by atoms with Crippen molar-refractivity contribution in [1.82, 2.24) is 0 Å². The molecule has 0 radical (unpaired) electrons. The normalized spacial score (nSPS) is 10.2. The summed E-state index contributed by atoms with van der Waals surface area (Å²) in [6.45, 7) is 1.94. The van der Waals surface area contributed by atoms with Crippen molar-refractivity contribution in [3.05, 3.63) is 60.2 Å². The summed E-state index contributed by atoms with van der Waals surface area (Å²) in [5.41, 5.74) is 7.87. The van der Waals surface area contributed by atoms with Crippen LogP contribution in [0.15, 0.2) is 54.6 Å². The minimum absolute atomic E-state index is 0.536. The molecule has 100 valence electrons. The van der Waals surface area contributed by atoms with E-state index in [9.17, 15) is 0 Å². The first kappa shape index (κ1) is 13.4. The molecule has 3 nitrogen and oxygen atoms in total. The zero-order chi connectivity index (χ0) is 13.5. The topological polar surface area (TPSA) is 38.5 Å². The van der Waals surface area contributed by atoms with Gasteiger partial charge in [-0.3, -0.25) is 0 Å². The zero-order valence-corrected chi connectivity index (χ0v) is 11.3. The first-order chi connectivity index (χ1) is 9.29. The summed E-state index contributed by atoms with van der Waals surface area (Å²) in [6, 6.07) is 18.5. The lowest BCUT2D eigenvalue weighted by Gasteiger charge is -2.19. The summed E-state index contributed by atoms with van der Waals surface area (Å²) < 4.78 is 5.54. The van der Waals surface area contributed by atoms with Gasteiger partial charge in [0.1, 0.15) is 12.4 Å². The van der Waals surface area contributed by atoms with Crippen LogP contribution in [-0.4, -0.2) is 20.2 Å². The fourth-order valence-corrected chi connectivity index (χ4v) is 1.96. The molecule has 0 saturated carbocycles. The van der Waals surface area contributed by atoms with Gasteiger partial charge < -0.3 is 15.4 Å². The second-order valence-electron chi connectivity index (χ2n) is 4.48. The minimum atomic E-state index is 0.536.